The Balaban J connectivity index is 1.42. The smallest absolute Gasteiger partial charge is 0.254 e. The largest absolute Gasteiger partial charge is 0.358 e. The molecular formula is C24H26N8O2. The Morgan fingerprint density at radius 1 is 1.24 bits per heavy atom. The third kappa shape index (κ3) is 3.12. The molecule has 3 aromatic rings. The Morgan fingerprint density at radius 2 is 2.06 bits per heavy atom. The van der Waals surface area contributed by atoms with Gasteiger partial charge in [0.15, 0.2) is 5.82 Å². The molecule has 1 aromatic carbocycles. The maximum atomic E-state index is 12.9. The molecule has 0 unspecified atom stereocenters. The van der Waals surface area contributed by atoms with Gasteiger partial charge in [-0.05, 0) is 44.7 Å². The van der Waals surface area contributed by atoms with Gasteiger partial charge in [-0.1, -0.05) is 6.07 Å². The summed E-state index contributed by atoms with van der Waals surface area (Å²) in [5.41, 5.74) is 2.50. The van der Waals surface area contributed by atoms with Gasteiger partial charge in [0.1, 0.15) is 17.2 Å². The van der Waals surface area contributed by atoms with Gasteiger partial charge in [0.05, 0.1) is 28.3 Å². The van der Waals surface area contributed by atoms with Crippen molar-refractivity contribution in [3.63, 3.8) is 0 Å². The zero-order chi connectivity index (χ0) is 26.1. The number of fused-ring (bicyclic) bond motifs is 4. The fraction of sp³-hybridized carbons (Fsp3) is 0.375. The number of pyridine rings is 1. The van der Waals surface area contributed by atoms with Crippen LogP contribution in [0.2, 0.25) is 0 Å². The summed E-state index contributed by atoms with van der Waals surface area (Å²) in [6, 6.07) is 7.27. The number of rotatable bonds is 5. The minimum atomic E-state index is -2.67. The molecule has 6 rings (SSSR count). The maximum Gasteiger partial charge on any atom is 0.254 e. The molecular weight excluding hydrogens is 432 g/mol. The maximum absolute atomic E-state index is 12.9. The van der Waals surface area contributed by atoms with Gasteiger partial charge >= 0.3 is 0 Å². The number of anilines is 4. The SMILES string of the molecule is [2H]C([2H])([2H])NC(=O)c1cnc(NC(=O)C2CC2)cc1Nc1cccc2c1N(C)C1(CC1)c1nc(C)nn1-2. The lowest BCUT2D eigenvalue weighted by molar-refractivity contribution is -0.117. The van der Waals surface area contributed by atoms with Crippen molar-refractivity contribution in [2.75, 3.05) is 29.6 Å². The minimum Gasteiger partial charge on any atom is -0.358 e. The van der Waals surface area contributed by atoms with Crippen LogP contribution in [0, 0.1) is 12.8 Å². The second-order valence-electron chi connectivity index (χ2n) is 9.12. The third-order valence-electron chi connectivity index (χ3n) is 6.80. The molecule has 2 aliphatic carbocycles. The summed E-state index contributed by atoms with van der Waals surface area (Å²) in [5, 5.41) is 12.8. The van der Waals surface area contributed by atoms with E-state index in [0.29, 0.717) is 17.2 Å². The van der Waals surface area contributed by atoms with Gasteiger partial charge < -0.3 is 20.9 Å². The van der Waals surface area contributed by atoms with E-state index in [0.717, 1.165) is 42.9 Å². The number of hydrogen-bond acceptors (Lipinski definition) is 7. The predicted octanol–water partition coefficient (Wildman–Crippen LogP) is 2.86. The monoisotopic (exact) mass is 461 g/mol. The van der Waals surface area contributed by atoms with Crippen LogP contribution in [-0.4, -0.2) is 45.6 Å². The summed E-state index contributed by atoms with van der Waals surface area (Å²) in [5.74, 6) is 0.914. The van der Waals surface area contributed by atoms with Crippen molar-refractivity contribution in [1.82, 2.24) is 25.1 Å². The van der Waals surface area contributed by atoms with E-state index < -0.39 is 12.9 Å². The predicted molar refractivity (Wildman–Crippen MR) is 128 cm³/mol. The highest BCUT2D eigenvalue weighted by Crippen LogP contribution is 2.57. The number of carbonyl (C=O) groups is 2. The van der Waals surface area contributed by atoms with Crippen molar-refractivity contribution in [3.05, 3.63) is 47.7 Å². The number of aryl methyl sites for hydroxylation is 1. The molecule has 1 spiro atoms. The first-order chi connectivity index (χ1) is 17.6. The Labute approximate surface area is 201 Å². The summed E-state index contributed by atoms with van der Waals surface area (Å²) in [7, 11) is 2.01. The average Bonchev–Trinajstić information content (AvgIpc) is 3.75. The van der Waals surface area contributed by atoms with Crippen LogP contribution in [0.5, 0.6) is 0 Å². The molecule has 1 aliphatic heterocycles. The standard InChI is InChI=1S/C24H26N8O2/c1-13-27-23-24(9-10-24)31(3)20-16(5-4-6-18(20)32(23)30-13)28-17-11-19(29-21(33)14-7-8-14)26-12-15(17)22(34)25-2/h4-6,11-12,14H,7-10H2,1-3H3,(H,25,34)(H2,26,28,29,33)/i2D3. The van der Waals surface area contributed by atoms with Gasteiger partial charge in [-0.15, -0.1) is 0 Å². The van der Waals surface area contributed by atoms with E-state index in [1.165, 1.54) is 6.20 Å². The fourth-order valence-corrected chi connectivity index (χ4v) is 4.68. The summed E-state index contributed by atoms with van der Waals surface area (Å²) in [6.07, 6.45) is 4.82. The number of amides is 2. The summed E-state index contributed by atoms with van der Waals surface area (Å²) in [4.78, 5) is 36.3. The molecule has 3 heterocycles. The number of aromatic nitrogens is 4. The Kier molecular flexibility index (Phi) is 3.75. The number of nitrogens with one attached hydrogen (secondary N) is 3. The number of benzene rings is 1. The first-order valence-corrected chi connectivity index (χ1v) is 11.3. The van der Waals surface area contributed by atoms with Gasteiger partial charge in [-0.3, -0.25) is 9.59 Å². The second kappa shape index (κ2) is 7.28. The molecule has 0 radical (unpaired) electrons. The normalized spacial score (nSPS) is 18.8. The third-order valence-corrected chi connectivity index (χ3v) is 6.80. The number of nitrogens with zero attached hydrogens (tertiary/aromatic N) is 5. The van der Waals surface area contributed by atoms with E-state index >= 15 is 0 Å². The van der Waals surface area contributed by atoms with Crippen LogP contribution in [0.25, 0.3) is 5.69 Å². The van der Waals surface area contributed by atoms with Crippen molar-refractivity contribution in [2.24, 2.45) is 5.92 Å². The molecule has 0 bridgehead atoms. The molecule has 2 saturated carbocycles. The van der Waals surface area contributed by atoms with E-state index in [2.05, 4.69) is 25.6 Å². The Hall–Kier alpha value is -3.95. The zero-order valence-electron chi connectivity index (χ0n) is 21.8. The molecule has 3 aliphatic rings. The van der Waals surface area contributed by atoms with Crippen LogP contribution < -0.4 is 20.9 Å². The quantitative estimate of drug-likeness (QED) is 0.535. The topological polar surface area (TPSA) is 117 Å². The Morgan fingerprint density at radius 3 is 2.79 bits per heavy atom. The highest BCUT2D eigenvalue weighted by molar-refractivity contribution is 6.02. The zero-order valence-corrected chi connectivity index (χ0v) is 18.8. The van der Waals surface area contributed by atoms with Gasteiger partial charge in [0, 0.05) is 36.3 Å². The van der Waals surface area contributed by atoms with Crippen LogP contribution in [0.4, 0.5) is 22.9 Å². The van der Waals surface area contributed by atoms with E-state index in [4.69, 9.17) is 9.10 Å². The highest BCUT2D eigenvalue weighted by Gasteiger charge is 2.55. The van der Waals surface area contributed by atoms with Crippen LogP contribution >= 0.6 is 0 Å². The Bertz CT molecular complexity index is 1440. The second-order valence-corrected chi connectivity index (χ2v) is 9.12. The average molecular weight is 462 g/mol. The number of carbonyl (C=O) groups excluding carboxylic acids is 2. The molecule has 0 saturated heterocycles. The van der Waals surface area contributed by atoms with Gasteiger partial charge in [0.2, 0.25) is 5.91 Å². The van der Waals surface area contributed by atoms with E-state index in [-0.39, 0.29) is 28.7 Å². The van der Waals surface area contributed by atoms with E-state index in [9.17, 15) is 9.59 Å². The highest BCUT2D eigenvalue weighted by atomic mass is 16.2. The van der Waals surface area contributed by atoms with Crippen LogP contribution in [-0.2, 0) is 10.3 Å². The van der Waals surface area contributed by atoms with Crippen molar-refractivity contribution in [1.29, 1.82) is 0 Å². The molecule has 2 amide bonds. The molecule has 2 aromatic heterocycles. The summed E-state index contributed by atoms with van der Waals surface area (Å²) < 4.78 is 24.2. The molecule has 2 fully saturated rings. The molecule has 10 nitrogen and oxygen atoms in total. The number of para-hydroxylation sites is 1. The molecule has 34 heavy (non-hydrogen) atoms. The lowest BCUT2D eigenvalue weighted by Crippen LogP contribution is -2.39. The minimum absolute atomic E-state index is 0.0263. The lowest BCUT2D eigenvalue weighted by Gasteiger charge is -2.37. The first kappa shape index (κ1) is 17.5. The first-order valence-electron chi connectivity index (χ1n) is 12.8. The number of hydrogen-bond donors (Lipinski definition) is 3. The van der Waals surface area contributed by atoms with Crippen LogP contribution in [0.1, 0.15) is 51.8 Å². The van der Waals surface area contributed by atoms with Gasteiger partial charge in [0.25, 0.3) is 5.91 Å². The van der Waals surface area contributed by atoms with Crippen LogP contribution in [0.15, 0.2) is 30.5 Å². The van der Waals surface area contributed by atoms with Crippen molar-refractivity contribution >= 4 is 34.7 Å². The van der Waals surface area contributed by atoms with Gasteiger partial charge in [-0.2, -0.15) is 5.10 Å². The van der Waals surface area contributed by atoms with E-state index in [1.54, 1.807) is 6.07 Å². The lowest BCUT2D eigenvalue weighted by atomic mass is 10.1. The van der Waals surface area contributed by atoms with Gasteiger partial charge in [-0.25, -0.2) is 14.6 Å². The molecule has 174 valence electrons. The van der Waals surface area contributed by atoms with Crippen LogP contribution in [0.3, 0.4) is 0 Å². The summed E-state index contributed by atoms with van der Waals surface area (Å²) >= 11 is 0. The molecule has 0 atom stereocenters. The van der Waals surface area contributed by atoms with E-state index in [1.807, 2.05) is 42.2 Å². The van der Waals surface area contributed by atoms with Crippen molar-refractivity contribution in [3.8, 4) is 5.69 Å². The van der Waals surface area contributed by atoms with Crippen molar-refractivity contribution in [2.45, 2.75) is 38.1 Å². The fourth-order valence-electron chi connectivity index (χ4n) is 4.68. The molecule has 10 heteroatoms. The molecule has 3 N–H and O–H groups in total. The van der Waals surface area contributed by atoms with Crippen molar-refractivity contribution < 1.29 is 13.7 Å². The summed E-state index contributed by atoms with van der Waals surface area (Å²) in [6.45, 7) is -0.799.